The molecule has 8 nitrogen and oxygen atoms in total. The van der Waals surface area contributed by atoms with Gasteiger partial charge in [-0.25, -0.2) is 0 Å². The number of aliphatic hydroxyl groups is 1. The maximum atomic E-state index is 13.9. The minimum Gasteiger partial charge on any atom is -0.504 e. The molecule has 0 radical (unpaired) electrons. The molecular formula is C33H39N2O6+. The molecule has 0 spiro atoms. The monoisotopic (exact) mass is 559 g/mol. The van der Waals surface area contributed by atoms with Gasteiger partial charge in [0.05, 0.1) is 25.9 Å². The largest absolute Gasteiger partial charge is 0.504 e. The van der Waals surface area contributed by atoms with Crippen molar-refractivity contribution in [2.45, 2.75) is 51.6 Å². The van der Waals surface area contributed by atoms with Crippen molar-refractivity contribution in [2.24, 2.45) is 16.8 Å². The van der Waals surface area contributed by atoms with Crippen molar-refractivity contribution in [3.05, 3.63) is 89.2 Å². The first kappa shape index (κ1) is 29.8. The van der Waals surface area contributed by atoms with Crippen LogP contribution in [0.4, 0.5) is 0 Å². The molecule has 216 valence electrons. The number of aromatic hydroxyl groups is 2. The molecule has 0 aliphatic carbocycles. The van der Waals surface area contributed by atoms with Gasteiger partial charge in [-0.15, -0.1) is 4.99 Å². The van der Waals surface area contributed by atoms with Gasteiger partial charge in [-0.05, 0) is 78.6 Å². The molecule has 2 heterocycles. The van der Waals surface area contributed by atoms with Crippen LogP contribution in [0.2, 0.25) is 0 Å². The molecular weight excluding hydrogens is 520 g/mol. The Hall–Kier alpha value is -4.17. The number of phenolic OH excluding ortho intramolecular Hbond substituents is 2. The van der Waals surface area contributed by atoms with Crippen molar-refractivity contribution in [1.82, 2.24) is 4.98 Å². The van der Waals surface area contributed by atoms with Gasteiger partial charge >= 0.3 is 0 Å². The number of allylic oxidation sites excluding steroid dienone is 1. The number of Topliss-reactive ketones (excluding diaryl/α,β-unsaturated/α-hetero) is 1. The van der Waals surface area contributed by atoms with E-state index < -0.39 is 12.0 Å². The van der Waals surface area contributed by atoms with Gasteiger partial charge < -0.3 is 29.8 Å². The average molecular weight is 560 g/mol. The van der Waals surface area contributed by atoms with E-state index in [0.717, 1.165) is 34.3 Å². The van der Waals surface area contributed by atoms with Gasteiger partial charge in [-0.2, -0.15) is 0 Å². The second-order valence-corrected chi connectivity index (χ2v) is 10.6. The summed E-state index contributed by atoms with van der Waals surface area (Å²) in [6.07, 6.45) is 7.52. The van der Waals surface area contributed by atoms with E-state index in [4.69, 9.17) is 9.47 Å². The Bertz CT molecular complexity index is 1380. The number of nitrogens with zero attached hydrogens (tertiary/aromatic N) is 1. The van der Waals surface area contributed by atoms with Crippen LogP contribution >= 0.6 is 0 Å². The fraction of sp³-hybridized carbons (Fsp3) is 0.364. The predicted octanol–water partition coefficient (Wildman–Crippen LogP) is 5.37. The number of carbonyl (C=O) groups is 1. The molecule has 0 bridgehead atoms. The Labute approximate surface area is 241 Å². The summed E-state index contributed by atoms with van der Waals surface area (Å²) < 4.78 is 10.6. The lowest BCUT2D eigenvalue weighted by Gasteiger charge is -2.25. The Balaban J connectivity index is 1.56. The summed E-state index contributed by atoms with van der Waals surface area (Å²) in [5.74, 6) is 0.148. The van der Waals surface area contributed by atoms with Gasteiger partial charge in [0, 0.05) is 31.2 Å². The number of hydrogen-bond acceptors (Lipinski definition) is 7. The zero-order valence-corrected chi connectivity index (χ0v) is 23.8. The maximum Gasteiger partial charge on any atom is 0.176 e. The second kappa shape index (κ2) is 13.9. The number of H-pyrrole nitrogens is 1. The van der Waals surface area contributed by atoms with E-state index in [2.05, 4.69) is 16.9 Å². The first-order chi connectivity index (χ1) is 19.8. The summed E-state index contributed by atoms with van der Waals surface area (Å²) in [5.41, 5.74) is 4.94. The van der Waals surface area contributed by atoms with E-state index in [1.165, 1.54) is 14.2 Å². The highest BCUT2D eigenvalue weighted by atomic mass is 16.5. The lowest BCUT2D eigenvalue weighted by molar-refractivity contribution is -0.125. The Kier molecular flexibility index (Phi) is 10.1. The number of ketones is 1. The third-order valence-electron chi connectivity index (χ3n) is 7.76. The molecule has 3 unspecified atom stereocenters. The Morgan fingerprint density at radius 2 is 1.56 bits per heavy atom. The van der Waals surface area contributed by atoms with Gasteiger partial charge in [-0.3, -0.25) is 4.79 Å². The topological polar surface area (TPSA) is 124 Å². The molecule has 8 heteroatoms. The number of hydrogen-bond donors (Lipinski definition) is 4. The second-order valence-electron chi connectivity index (χ2n) is 10.6. The number of aromatic nitrogens is 1. The van der Waals surface area contributed by atoms with E-state index in [-0.39, 0.29) is 29.6 Å². The average Bonchev–Trinajstić information content (AvgIpc) is 3.66. The minimum atomic E-state index is -0.891. The van der Waals surface area contributed by atoms with Gasteiger partial charge in [0.15, 0.2) is 29.2 Å². The van der Waals surface area contributed by atoms with E-state index in [0.29, 0.717) is 37.2 Å². The van der Waals surface area contributed by atoms with Crippen LogP contribution in [-0.2, 0) is 24.1 Å². The third kappa shape index (κ3) is 7.73. The van der Waals surface area contributed by atoms with Crippen LogP contribution < -0.4 is 9.47 Å². The number of phenols is 2. The zero-order valence-electron chi connectivity index (χ0n) is 23.8. The van der Waals surface area contributed by atoms with Gasteiger partial charge in [0.2, 0.25) is 0 Å². The number of nitrogens with one attached hydrogen (secondary N) is 1. The highest BCUT2D eigenvalue weighted by Crippen LogP contribution is 2.32. The number of ether oxygens (including phenoxy) is 2. The fourth-order valence-corrected chi connectivity index (χ4v) is 5.41. The molecule has 41 heavy (non-hydrogen) atoms. The summed E-state index contributed by atoms with van der Waals surface area (Å²) >= 11 is 0. The molecule has 3 aromatic rings. The summed E-state index contributed by atoms with van der Waals surface area (Å²) in [6, 6.07) is 12.3. The minimum absolute atomic E-state index is 0.000210. The van der Waals surface area contributed by atoms with Crippen molar-refractivity contribution < 1.29 is 29.6 Å². The maximum absolute atomic E-state index is 13.9. The summed E-state index contributed by atoms with van der Waals surface area (Å²) in [7, 11) is 3.00. The molecule has 2 aromatic carbocycles. The van der Waals surface area contributed by atoms with Crippen LogP contribution in [0.5, 0.6) is 23.0 Å². The Morgan fingerprint density at radius 3 is 2.15 bits per heavy atom. The molecule has 0 amide bonds. The van der Waals surface area contributed by atoms with E-state index in [9.17, 15) is 20.1 Å². The summed E-state index contributed by atoms with van der Waals surface area (Å²) in [6.45, 7) is 3.91. The number of rotatable bonds is 15. The third-order valence-corrected chi connectivity index (χ3v) is 7.76. The molecule has 3 atom stereocenters. The molecule has 1 aromatic heterocycles. The molecule has 1 aliphatic rings. The van der Waals surface area contributed by atoms with Crippen LogP contribution in [0.1, 0.15) is 42.9 Å². The summed E-state index contributed by atoms with van der Waals surface area (Å²) in [4.78, 5) is 21.3. The predicted molar refractivity (Wildman–Crippen MR) is 159 cm³/mol. The van der Waals surface area contributed by atoms with Gasteiger partial charge in [0.25, 0.3) is 0 Å². The van der Waals surface area contributed by atoms with E-state index >= 15 is 0 Å². The first-order valence-electron chi connectivity index (χ1n) is 13.9. The van der Waals surface area contributed by atoms with Crippen LogP contribution in [0, 0.1) is 18.4 Å². The highest BCUT2D eigenvalue weighted by molar-refractivity contribution is 5.87. The van der Waals surface area contributed by atoms with Gasteiger partial charge in [-0.1, -0.05) is 19.1 Å². The standard InChI is InChI=1S/C33H38N2O6/c1-4-24-19-35-20-27(24)16-26(12-22-6-8-29(37)33(15-22)41-3)31(39)17-30(38)25(13-23-9-10-34-18-23)11-21-5-7-28(36)32(14-21)40-2/h5-10,14-15,18-20,25-26,30,34,38H,4,11-13,16-17H2,1-3H3,(H-,36,37)/p+1. The van der Waals surface area contributed by atoms with Crippen molar-refractivity contribution in [3.8, 4) is 23.0 Å². The highest BCUT2D eigenvalue weighted by Gasteiger charge is 2.31. The zero-order chi connectivity index (χ0) is 29.4. The van der Waals surface area contributed by atoms with Crippen molar-refractivity contribution in [1.29, 1.82) is 0 Å². The lowest BCUT2D eigenvalue weighted by atomic mass is 9.81. The van der Waals surface area contributed by atoms with Crippen molar-refractivity contribution in [2.75, 3.05) is 14.2 Å². The van der Waals surface area contributed by atoms with Crippen molar-refractivity contribution >= 4 is 12.0 Å². The Morgan fingerprint density at radius 1 is 0.927 bits per heavy atom. The SMILES string of the molecule is CCC1=C(CC(Cc2ccc(O)c(OC)c2)C(=O)CC(O)C(Cc2cc[nH]c2)Cc2ccc(O)c(OC)c2)C=N[CH+]1. The molecule has 0 fully saturated rings. The fourth-order valence-electron chi connectivity index (χ4n) is 5.41. The van der Waals surface area contributed by atoms with E-state index in [1.54, 1.807) is 30.3 Å². The molecule has 4 N–H and O–H groups in total. The van der Waals surface area contributed by atoms with Crippen LogP contribution in [0.3, 0.4) is 0 Å². The number of aliphatic hydroxyl groups excluding tert-OH is 1. The first-order valence-corrected chi connectivity index (χ1v) is 13.9. The van der Waals surface area contributed by atoms with Crippen LogP contribution in [0.25, 0.3) is 0 Å². The molecule has 0 saturated carbocycles. The smallest absolute Gasteiger partial charge is 0.176 e. The number of aliphatic imine (C=N–C) groups is 1. The van der Waals surface area contributed by atoms with E-state index in [1.807, 2.05) is 37.3 Å². The number of carbonyl (C=O) groups excluding carboxylic acids is 1. The van der Waals surface area contributed by atoms with Gasteiger partial charge in [0.1, 0.15) is 17.9 Å². The molecule has 1 aliphatic heterocycles. The van der Waals surface area contributed by atoms with Crippen LogP contribution in [0.15, 0.2) is 71.0 Å². The molecule has 0 saturated heterocycles. The quantitative estimate of drug-likeness (QED) is 0.186. The normalized spacial score (nSPS) is 14.9. The van der Waals surface area contributed by atoms with Crippen LogP contribution in [-0.4, -0.2) is 52.6 Å². The number of benzene rings is 2. The summed E-state index contributed by atoms with van der Waals surface area (Å²) in [5, 5.41) is 31.6. The van der Waals surface area contributed by atoms with Crippen molar-refractivity contribution in [3.63, 3.8) is 0 Å². The number of methoxy groups -OCH3 is 2. The lowest BCUT2D eigenvalue weighted by Crippen LogP contribution is -2.30. The number of aromatic amines is 1. The molecule has 4 rings (SSSR count).